The quantitative estimate of drug-likeness (QED) is 0.794. The summed E-state index contributed by atoms with van der Waals surface area (Å²) in [7, 11) is 2.06. The van der Waals surface area contributed by atoms with Gasteiger partial charge in [-0.05, 0) is 43.9 Å². The van der Waals surface area contributed by atoms with Crippen molar-refractivity contribution >= 4 is 23.3 Å². The summed E-state index contributed by atoms with van der Waals surface area (Å²) in [5.41, 5.74) is 6.48. The molecule has 4 nitrogen and oxygen atoms in total. The van der Waals surface area contributed by atoms with Gasteiger partial charge in [0.15, 0.2) is 0 Å². The van der Waals surface area contributed by atoms with Crippen LogP contribution in [-0.2, 0) is 0 Å². The van der Waals surface area contributed by atoms with Gasteiger partial charge in [-0.1, -0.05) is 6.92 Å². The second-order valence-corrected chi connectivity index (χ2v) is 5.64. The lowest BCUT2D eigenvalue weighted by molar-refractivity contribution is 0.307. The summed E-state index contributed by atoms with van der Waals surface area (Å²) in [5.74, 6) is 2.61. The molecule has 1 aromatic rings. The zero-order valence-electron chi connectivity index (χ0n) is 12.3. The third-order valence-corrected chi connectivity index (χ3v) is 3.72. The van der Waals surface area contributed by atoms with Gasteiger partial charge in [-0.25, -0.2) is 0 Å². The lowest BCUT2D eigenvalue weighted by Gasteiger charge is -2.26. The van der Waals surface area contributed by atoms with E-state index in [1.165, 1.54) is 0 Å². The van der Waals surface area contributed by atoms with Crippen LogP contribution in [0.2, 0.25) is 0 Å². The summed E-state index contributed by atoms with van der Waals surface area (Å²) in [6, 6.07) is 4.26. The minimum absolute atomic E-state index is 0.447. The van der Waals surface area contributed by atoms with E-state index in [-0.39, 0.29) is 0 Å². The molecule has 1 unspecified atom stereocenters. The molecule has 108 valence electrons. The molecule has 1 aromatic heterocycles. The number of ether oxygens (including phenoxy) is 1. The molecule has 2 N–H and O–H groups in total. The van der Waals surface area contributed by atoms with Crippen LogP contribution in [0.25, 0.3) is 0 Å². The van der Waals surface area contributed by atoms with E-state index in [0.717, 1.165) is 24.4 Å². The topological polar surface area (TPSA) is 51.4 Å². The van der Waals surface area contributed by atoms with Gasteiger partial charge < -0.3 is 15.4 Å². The number of aromatic nitrogens is 1. The summed E-state index contributed by atoms with van der Waals surface area (Å²) in [6.45, 7) is 4.92. The number of hydrogen-bond donors (Lipinski definition) is 1. The van der Waals surface area contributed by atoms with Crippen LogP contribution in [0.4, 0.5) is 11.5 Å². The van der Waals surface area contributed by atoms with Crippen LogP contribution < -0.4 is 15.4 Å². The van der Waals surface area contributed by atoms with E-state index in [2.05, 4.69) is 37.0 Å². The Labute approximate surface area is 120 Å². The molecule has 19 heavy (non-hydrogen) atoms. The van der Waals surface area contributed by atoms with Crippen molar-refractivity contribution in [3.05, 3.63) is 12.1 Å². The van der Waals surface area contributed by atoms with Crippen LogP contribution in [0, 0.1) is 0 Å². The summed E-state index contributed by atoms with van der Waals surface area (Å²) in [6.07, 6.45) is 4.21. The van der Waals surface area contributed by atoms with E-state index in [4.69, 9.17) is 10.5 Å². The summed E-state index contributed by atoms with van der Waals surface area (Å²) >= 11 is 1.87. The van der Waals surface area contributed by atoms with E-state index in [9.17, 15) is 0 Å². The molecule has 0 radical (unpaired) electrons. The average molecular weight is 283 g/mol. The molecule has 0 amide bonds. The first-order valence-electron chi connectivity index (χ1n) is 6.71. The first-order chi connectivity index (χ1) is 9.10. The maximum atomic E-state index is 5.88. The number of anilines is 2. The monoisotopic (exact) mass is 283 g/mol. The Bertz CT molecular complexity index is 387. The van der Waals surface area contributed by atoms with E-state index in [0.29, 0.717) is 24.2 Å². The van der Waals surface area contributed by atoms with Gasteiger partial charge in [0, 0.05) is 13.1 Å². The summed E-state index contributed by atoms with van der Waals surface area (Å²) in [5, 5.41) is 0. The van der Waals surface area contributed by atoms with Crippen molar-refractivity contribution < 1.29 is 4.74 Å². The molecule has 0 saturated carbocycles. The van der Waals surface area contributed by atoms with Crippen LogP contribution in [0.3, 0.4) is 0 Å². The number of rotatable bonds is 8. The van der Waals surface area contributed by atoms with Gasteiger partial charge in [0.25, 0.3) is 0 Å². The molecular weight excluding hydrogens is 258 g/mol. The van der Waals surface area contributed by atoms with Gasteiger partial charge >= 0.3 is 0 Å². The van der Waals surface area contributed by atoms with Gasteiger partial charge in [0.1, 0.15) is 5.82 Å². The first-order valence-corrected chi connectivity index (χ1v) is 8.10. The van der Waals surface area contributed by atoms with Crippen molar-refractivity contribution in [2.24, 2.45) is 0 Å². The Balaban J connectivity index is 2.76. The van der Waals surface area contributed by atoms with E-state index in [1.54, 1.807) is 0 Å². The molecule has 0 aliphatic heterocycles. The summed E-state index contributed by atoms with van der Waals surface area (Å²) < 4.78 is 5.57. The SMILES string of the molecule is CCCOc1nc(N(C)C(C)CCSC)ccc1N. The largest absolute Gasteiger partial charge is 0.476 e. The first kappa shape index (κ1) is 16.0. The van der Waals surface area contributed by atoms with Gasteiger partial charge in [-0.2, -0.15) is 16.7 Å². The van der Waals surface area contributed by atoms with Crippen molar-refractivity contribution in [1.82, 2.24) is 4.98 Å². The van der Waals surface area contributed by atoms with E-state index >= 15 is 0 Å². The summed E-state index contributed by atoms with van der Waals surface area (Å²) in [4.78, 5) is 6.69. The predicted molar refractivity (Wildman–Crippen MR) is 85.3 cm³/mol. The molecule has 0 aliphatic carbocycles. The molecule has 0 saturated heterocycles. The fourth-order valence-electron chi connectivity index (χ4n) is 1.66. The number of nitrogens with zero attached hydrogens (tertiary/aromatic N) is 2. The number of nitrogens with two attached hydrogens (primary N) is 1. The average Bonchev–Trinajstić information content (AvgIpc) is 2.43. The molecule has 0 spiro atoms. The zero-order valence-corrected chi connectivity index (χ0v) is 13.2. The van der Waals surface area contributed by atoms with Crippen LogP contribution in [0.1, 0.15) is 26.7 Å². The molecular formula is C14H25N3OS. The number of hydrogen-bond acceptors (Lipinski definition) is 5. The Morgan fingerprint density at radius 3 is 2.84 bits per heavy atom. The Morgan fingerprint density at radius 1 is 1.47 bits per heavy atom. The minimum Gasteiger partial charge on any atom is -0.476 e. The molecule has 0 fully saturated rings. The van der Waals surface area contributed by atoms with Gasteiger partial charge in [0.05, 0.1) is 12.3 Å². The fraction of sp³-hybridized carbons (Fsp3) is 0.643. The van der Waals surface area contributed by atoms with Gasteiger partial charge in [-0.3, -0.25) is 0 Å². The number of pyridine rings is 1. The van der Waals surface area contributed by atoms with Crippen molar-refractivity contribution in [2.75, 3.05) is 36.3 Å². The third-order valence-electron chi connectivity index (χ3n) is 3.08. The normalized spacial score (nSPS) is 12.2. The third kappa shape index (κ3) is 4.82. The van der Waals surface area contributed by atoms with Crippen LogP contribution in [0.5, 0.6) is 5.88 Å². The minimum atomic E-state index is 0.447. The molecule has 0 bridgehead atoms. The molecule has 1 rings (SSSR count). The zero-order chi connectivity index (χ0) is 14.3. The maximum absolute atomic E-state index is 5.88. The maximum Gasteiger partial charge on any atom is 0.239 e. The van der Waals surface area contributed by atoms with Gasteiger partial charge in [0.2, 0.25) is 5.88 Å². The fourth-order valence-corrected chi connectivity index (χ4v) is 2.24. The predicted octanol–water partition coefficient (Wildman–Crippen LogP) is 3.03. The van der Waals surface area contributed by atoms with Gasteiger partial charge in [-0.15, -0.1) is 0 Å². The molecule has 5 heteroatoms. The highest BCUT2D eigenvalue weighted by molar-refractivity contribution is 7.98. The van der Waals surface area contributed by atoms with Crippen molar-refractivity contribution in [2.45, 2.75) is 32.7 Å². The highest BCUT2D eigenvalue weighted by Gasteiger charge is 2.13. The second-order valence-electron chi connectivity index (χ2n) is 4.65. The molecule has 0 aromatic carbocycles. The van der Waals surface area contributed by atoms with Crippen molar-refractivity contribution in [3.8, 4) is 5.88 Å². The molecule has 0 aliphatic rings. The Morgan fingerprint density at radius 2 is 2.21 bits per heavy atom. The Hall–Kier alpha value is -1.10. The highest BCUT2D eigenvalue weighted by Crippen LogP contribution is 2.24. The molecule has 1 heterocycles. The van der Waals surface area contributed by atoms with Crippen LogP contribution in [-0.4, -0.2) is 36.7 Å². The van der Waals surface area contributed by atoms with E-state index in [1.807, 2.05) is 23.9 Å². The van der Waals surface area contributed by atoms with Crippen molar-refractivity contribution in [3.63, 3.8) is 0 Å². The second kappa shape index (κ2) is 8.15. The number of thioether (sulfide) groups is 1. The number of nitrogen functional groups attached to an aromatic ring is 1. The highest BCUT2D eigenvalue weighted by atomic mass is 32.2. The standard InChI is InChI=1S/C14H25N3OS/c1-5-9-18-14-12(15)6-7-13(16-14)17(3)11(2)8-10-19-4/h6-7,11H,5,8-10,15H2,1-4H3. The lowest BCUT2D eigenvalue weighted by atomic mass is 10.2. The smallest absolute Gasteiger partial charge is 0.239 e. The lowest BCUT2D eigenvalue weighted by Crippen LogP contribution is -2.30. The van der Waals surface area contributed by atoms with Crippen LogP contribution >= 0.6 is 11.8 Å². The van der Waals surface area contributed by atoms with Crippen molar-refractivity contribution in [1.29, 1.82) is 0 Å². The van der Waals surface area contributed by atoms with E-state index < -0.39 is 0 Å². The molecule has 1 atom stereocenters. The Kier molecular flexibility index (Phi) is 6.84. The van der Waals surface area contributed by atoms with Crippen LogP contribution in [0.15, 0.2) is 12.1 Å².